The van der Waals surface area contributed by atoms with Crippen molar-refractivity contribution < 1.29 is 19.0 Å². The number of methoxy groups -OCH3 is 2. The molecule has 0 unspecified atom stereocenters. The molecule has 0 aliphatic rings. The van der Waals surface area contributed by atoms with Gasteiger partial charge in [0.25, 0.3) is 5.56 Å². The standard InChI is InChI=1S/C20H22N2O5S/c1-6-27-20(24)17-12(3)16-18(28-17)21-10-22(19(16)23)9-13-8-15(26-5)14(25-4)7-11(13)2/h7-8,10H,6,9H2,1-5H3. The first kappa shape index (κ1) is 19.9. The van der Waals surface area contributed by atoms with Crippen LogP contribution in [0.3, 0.4) is 0 Å². The minimum Gasteiger partial charge on any atom is -0.493 e. The van der Waals surface area contributed by atoms with Crippen molar-refractivity contribution in [3.05, 3.63) is 50.4 Å². The number of aromatic nitrogens is 2. The van der Waals surface area contributed by atoms with Gasteiger partial charge in [0.2, 0.25) is 0 Å². The van der Waals surface area contributed by atoms with Crippen LogP contribution in [0, 0.1) is 13.8 Å². The Morgan fingerprint density at radius 3 is 2.50 bits per heavy atom. The highest BCUT2D eigenvalue weighted by molar-refractivity contribution is 7.20. The van der Waals surface area contributed by atoms with Crippen LogP contribution in [0.4, 0.5) is 0 Å². The van der Waals surface area contributed by atoms with Crippen LogP contribution in [0.15, 0.2) is 23.3 Å². The molecule has 2 heterocycles. The number of hydrogen-bond donors (Lipinski definition) is 0. The molecule has 0 fully saturated rings. The molecule has 1 aromatic carbocycles. The number of thiophene rings is 1. The van der Waals surface area contributed by atoms with Crippen molar-refractivity contribution in [3.63, 3.8) is 0 Å². The fraction of sp³-hybridized carbons (Fsp3) is 0.350. The number of benzene rings is 1. The molecular formula is C20H22N2O5S. The van der Waals surface area contributed by atoms with E-state index < -0.39 is 5.97 Å². The zero-order chi connectivity index (χ0) is 20.4. The van der Waals surface area contributed by atoms with Crippen LogP contribution in [0.25, 0.3) is 10.2 Å². The third kappa shape index (κ3) is 3.47. The van der Waals surface area contributed by atoms with E-state index in [0.717, 1.165) is 11.1 Å². The van der Waals surface area contributed by atoms with Crippen molar-refractivity contribution >= 4 is 27.5 Å². The van der Waals surface area contributed by atoms with E-state index in [9.17, 15) is 9.59 Å². The average molecular weight is 402 g/mol. The second-order valence-electron chi connectivity index (χ2n) is 6.27. The van der Waals surface area contributed by atoms with Gasteiger partial charge in [0.15, 0.2) is 11.5 Å². The molecule has 0 saturated heterocycles. The first-order valence-corrected chi connectivity index (χ1v) is 9.60. The Labute approximate surface area is 166 Å². The molecule has 0 spiro atoms. The van der Waals surface area contributed by atoms with Gasteiger partial charge in [0, 0.05) is 0 Å². The summed E-state index contributed by atoms with van der Waals surface area (Å²) in [6.07, 6.45) is 1.51. The highest BCUT2D eigenvalue weighted by Crippen LogP contribution is 2.31. The lowest BCUT2D eigenvalue weighted by Crippen LogP contribution is -2.21. The van der Waals surface area contributed by atoms with Crippen LogP contribution in [0.2, 0.25) is 0 Å². The molecule has 3 rings (SSSR count). The highest BCUT2D eigenvalue weighted by atomic mass is 32.1. The molecule has 148 valence electrons. The van der Waals surface area contributed by atoms with E-state index in [-0.39, 0.29) is 12.2 Å². The zero-order valence-electron chi connectivity index (χ0n) is 16.5. The topological polar surface area (TPSA) is 79.7 Å². The third-order valence-corrected chi connectivity index (χ3v) is 5.74. The van der Waals surface area contributed by atoms with Crippen molar-refractivity contribution in [2.24, 2.45) is 0 Å². The Morgan fingerprint density at radius 2 is 1.86 bits per heavy atom. The maximum Gasteiger partial charge on any atom is 0.348 e. The minimum atomic E-state index is -0.426. The SMILES string of the molecule is CCOC(=O)c1sc2ncn(Cc3cc(OC)c(OC)cc3C)c(=O)c2c1C. The monoisotopic (exact) mass is 402 g/mol. The fourth-order valence-corrected chi connectivity index (χ4v) is 4.07. The quantitative estimate of drug-likeness (QED) is 0.589. The number of carbonyl (C=O) groups is 1. The van der Waals surface area contributed by atoms with Crippen molar-refractivity contribution in [1.82, 2.24) is 9.55 Å². The maximum absolute atomic E-state index is 13.1. The van der Waals surface area contributed by atoms with Crippen LogP contribution < -0.4 is 15.0 Å². The molecule has 0 radical (unpaired) electrons. The molecule has 0 N–H and O–H groups in total. The van der Waals surface area contributed by atoms with Gasteiger partial charge in [-0.3, -0.25) is 9.36 Å². The molecule has 0 aliphatic carbocycles. The molecule has 8 heteroatoms. The summed E-state index contributed by atoms with van der Waals surface area (Å²) < 4.78 is 17.3. The van der Waals surface area contributed by atoms with Gasteiger partial charge in [-0.1, -0.05) is 0 Å². The molecule has 0 amide bonds. The van der Waals surface area contributed by atoms with E-state index in [4.69, 9.17) is 14.2 Å². The Morgan fingerprint density at radius 1 is 1.18 bits per heavy atom. The van der Waals surface area contributed by atoms with Crippen LogP contribution >= 0.6 is 11.3 Å². The lowest BCUT2D eigenvalue weighted by molar-refractivity contribution is 0.0531. The smallest absolute Gasteiger partial charge is 0.348 e. The summed E-state index contributed by atoms with van der Waals surface area (Å²) in [5, 5.41) is 0.452. The van der Waals surface area contributed by atoms with Crippen LogP contribution in [-0.4, -0.2) is 36.3 Å². The molecule has 7 nitrogen and oxygen atoms in total. The molecule has 0 saturated carbocycles. The first-order valence-electron chi connectivity index (χ1n) is 8.78. The van der Waals surface area contributed by atoms with E-state index in [2.05, 4.69) is 4.98 Å². The highest BCUT2D eigenvalue weighted by Gasteiger charge is 2.20. The summed E-state index contributed by atoms with van der Waals surface area (Å²) in [6, 6.07) is 3.73. The van der Waals surface area contributed by atoms with Crippen molar-refractivity contribution in [2.75, 3.05) is 20.8 Å². The second-order valence-corrected chi connectivity index (χ2v) is 7.27. The summed E-state index contributed by atoms with van der Waals surface area (Å²) in [5.41, 5.74) is 2.30. The number of rotatable bonds is 6. The number of aryl methyl sites for hydroxylation is 2. The van der Waals surface area contributed by atoms with Gasteiger partial charge in [-0.15, -0.1) is 11.3 Å². The van der Waals surface area contributed by atoms with Gasteiger partial charge in [-0.25, -0.2) is 9.78 Å². The Balaban J connectivity index is 2.06. The Bertz CT molecular complexity index is 1100. The van der Waals surface area contributed by atoms with Crippen LogP contribution in [0.5, 0.6) is 11.5 Å². The number of ether oxygens (including phenoxy) is 3. The third-order valence-electron chi connectivity index (χ3n) is 4.56. The average Bonchev–Trinajstić information content (AvgIpc) is 3.02. The first-order chi connectivity index (χ1) is 13.4. The van der Waals surface area contributed by atoms with Crippen LogP contribution in [-0.2, 0) is 11.3 Å². The van der Waals surface area contributed by atoms with E-state index in [1.165, 1.54) is 22.2 Å². The van der Waals surface area contributed by atoms with Gasteiger partial charge in [-0.2, -0.15) is 0 Å². The van der Waals surface area contributed by atoms with Crippen molar-refractivity contribution in [3.8, 4) is 11.5 Å². The minimum absolute atomic E-state index is 0.191. The lowest BCUT2D eigenvalue weighted by Gasteiger charge is -2.13. The molecule has 0 atom stereocenters. The van der Waals surface area contributed by atoms with E-state index >= 15 is 0 Å². The zero-order valence-corrected chi connectivity index (χ0v) is 17.3. The molecule has 28 heavy (non-hydrogen) atoms. The number of nitrogens with zero attached hydrogens (tertiary/aromatic N) is 2. The molecule has 2 aromatic heterocycles. The number of fused-ring (bicyclic) bond motifs is 1. The van der Waals surface area contributed by atoms with Gasteiger partial charge in [-0.05, 0) is 49.6 Å². The summed E-state index contributed by atoms with van der Waals surface area (Å²) in [6.45, 7) is 6.06. The lowest BCUT2D eigenvalue weighted by atomic mass is 10.1. The fourth-order valence-electron chi connectivity index (χ4n) is 3.04. The largest absolute Gasteiger partial charge is 0.493 e. The molecule has 0 bridgehead atoms. The summed E-state index contributed by atoms with van der Waals surface area (Å²) in [7, 11) is 3.15. The van der Waals surface area contributed by atoms with Crippen molar-refractivity contribution in [2.45, 2.75) is 27.3 Å². The van der Waals surface area contributed by atoms with Gasteiger partial charge >= 0.3 is 5.97 Å². The molecular weight excluding hydrogens is 380 g/mol. The van der Waals surface area contributed by atoms with Crippen LogP contribution in [0.1, 0.15) is 33.3 Å². The molecule has 0 aliphatic heterocycles. The summed E-state index contributed by atoms with van der Waals surface area (Å²) in [4.78, 5) is 30.5. The second kappa shape index (κ2) is 8.02. The van der Waals surface area contributed by atoms with Gasteiger partial charge in [0.1, 0.15) is 9.71 Å². The van der Waals surface area contributed by atoms with Gasteiger partial charge in [0.05, 0.1) is 39.1 Å². The summed E-state index contributed by atoms with van der Waals surface area (Å²) in [5.74, 6) is 0.809. The van der Waals surface area contributed by atoms with Crippen molar-refractivity contribution in [1.29, 1.82) is 0 Å². The Hall–Kier alpha value is -2.87. The normalized spacial score (nSPS) is 10.9. The van der Waals surface area contributed by atoms with E-state index in [0.29, 0.717) is 38.7 Å². The number of hydrogen-bond acceptors (Lipinski definition) is 7. The Kier molecular flexibility index (Phi) is 5.69. The van der Waals surface area contributed by atoms with E-state index in [1.807, 2.05) is 19.1 Å². The molecule has 3 aromatic rings. The van der Waals surface area contributed by atoms with Gasteiger partial charge < -0.3 is 14.2 Å². The number of carbonyl (C=O) groups excluding carboxylic acids is 1. The number of esters is 1. The van der Waals surface area contributed by atoms with E-state index in [1.54, 1.807) is 28.1 Å². The predicted octanol–water partition coefficient (Wildman–Crippen LogP) is 3.32. The summed E-state index contributed by atoms with van der Waals surface area (Å²) >= 11 is 1.18. The predicted molar refractivity (Wildman–Crippen MR) is 108 cm³/mol. The maximum atomic E-state index is 13.1.